The van der Waals surface area contributed by atoms with Crippen LogP contribution in [-0.2, 0) is 6.42 Å². The molecule has 4 heteroatoms. The molecule has 0 bridgehead atoms. The summed E-state index contributed by atoms with van der Waals surface area (Å²) in [4.78, 5) is 8.30. The van der Waals surface area contributed by atoms with Gasteiger partial charge in [-0.25, -0.2) is 4.98 Å². The zero-order valence-electron chi connectivity index (χ0n) is 10.7. The van der Waals surface area contributed by atoms with E-state index < -0.39 is 0 Å². The molecule has 1 aliphatic heterocycles. The molecular formula is C14H17N3S. The molecule has 18 heavy (non-hydrogen) atoms. The minimum absolute atomic E-state index is 0.358. The van der Waals surface area contributed by atoms with Crippen LogP contribution in [-0.4, -0.2) is 11.5 Å². The van der Waals surface area contributed by atoms with Crippen molar-refractivity contribution in [1.82, 2.24) is 4.98 Å². The summed E-state index contributed by atoms with van der Waals surface area (Å²) < 4.78 is 0. The number of hydrogen-bond donors (Lipinski definition) is 1. The van der Waals surface area contributed by atoms with Crippen LogP contribution in [0.25, 0.3) is 0 Å². The monoisotopic (exact) mass is 259 g/mol. The maximum atomic E-state index is 6.17. The molecule has 0 radical (unpaired) electrons. The number of nitrogen functional groups attached to an aromatic ring is 1. The Labute approximate surface area is 111 Å². The highest BCUT2D eigenvalue weighted by Crippen LogP contribution is 2.37. The fourth-order valence-electron chi connectivity index (χ4n) is 2.58. The second-order valence-corrected chi connectivity index (χ2v) is 5.78. The van der Waals surface area contributed by atoms with Crippen LogP contribution in [0.15, 0.2) is 23.7 Å². The van der Waals surface area contributed by atoms with Gasteiger partial charge in [-0.3, -0.25) is 0 Å². The molecule has 2 N–H and O–H groups in total. The summed E-state index contributed by atoms with van der Waals surface area (Å²) in [6.45, 7) is 5.26. The summed E-state index contributed by atoms with van der Waals surface area (Å²) >= 11 is 1.86. The van der Waals surface area contributed by atoms with Gasteiger partial charge in [0.1, 0.15) is 0 Å². The second kappa shape index (κ2) is 4.28. The highest BCUT2D eigenvalue weighted by atomic mass is 32.1. The molecule has 3 heterocycles. The first kappa shape index (κ1) is 11.5. The zero-order valence-corrected chi connectivity index (χ0v) is 11.5. The molecule has 0 saturated carbocycles. The second-order valence-electron chi connectivity index (χ2n) is 4.78. The fourth-order valence-corrected chi connectivity index (χ4v) is 3.55. The van der Waals surface area contributed by atoms with Crippen molar-refractivity contribution >= 4 is 22.8 Å². The van der Waals surface area contributed by atoms with Crippen LogP contribution in [0.2, 0.25) is 0 Å². The van der Waals surface area contributed by atoms with Crippen LogP contribution in [0.5, 0.6) is 0 Å². The van der Waals surface area contributed by atoms with E-state index in [1.807, 2.05) is 30.5 Å². The molecule has 1 aliphatic rings. The maximum absolute atomic E-state index is 6.17. The Bertz CT molecular complexity index is 576. The lowest BCUT2D eigenvalue weighted by molar-refractivity contribution is 0.626. The number of aromatic nitrogens is 1. The van der Waals surface area contributed by atoms with Crippen molar-refractivity contribution in [1.29, 1.82) is 0 Å². The van der Waals surface area contributed by atoms with Crippen molar-refractivity contribution in [3.63, 3.8) is 0 Å². The Balaban J connectivity index is 2.02. The van der Waals surface area contributed by atoms with Crippen molar-refractivity contribution in [2.75, 3.05) is 17.2 Å². The number of aryl methyl sites for hydroxylation is 1. The summed E-state index contributed by atoms with van der Waals surface area (Å²) in [6.07, 6.45) is 2.93. The molecule has 0 fully saturated rings. The SMILES string of the molecule is Cc1ccnc(N2CCc3sccc3C2C)c1N. The topological polar surface area (TPSA) is 42.2 Å². The van der Waals surface area contributed by atoms with Crippen molar-refractivity contribution in [3.05, 3.63) is 39.7 Å². The highest BCUT2D eigenvalue weighted by Gasteiger charge is 2.26. The number of anilines is 2. The first-order valence-electron chi connectivity index (χ1n) is 6.22. The third-order valence-electron chi connectivity index (χ3n) is 3.74. The number of nitrogens with zero attached hydrogens (tertiary/aromatic N) is 2. The minimum Gasteiger partial charge on any atom is -0.396 e. The van der Waals surface area contributed by atoms with E-state index in [1.165, 1.54) is 10.4 Å². The quantitative estimate of drug-likeness (QED) is 0.855. The minimum atomic E-state index is 0.358. The Hall–Kier alpha value is -1.55. The van der Waals surface area contributed by atoms with Crippen molar-refractivity contribution in [2.24, 2.45) is 0 Å². The molecule has 0 spiro atoms. The largest absolute Gasteiger partial charge is 0.396 e. The number of thiophene rings is 1. The lowest BCUT2D eigenvalue weighted by Crippen LogP contribution is -2.34. The van der Waals surface area contributed by atoms with Gasteiger partial charge in [0.15, 0.2) is 5.82 Å². The molecule has 0 amide bonds. The van der Waals surface area contributed by atoms with E-state index in [1.54, 1.807) is 0 Å². The number of pyridine rings is 1. The molecule has 1 atom stereocenters. The number of fused-ring (bicyclic) bond motifs is 1. The number of hydrogen-bond acceptors (Lipinski definition) is 4. The molecule has 3 nitrogen and oxygen atoms in total. The molecule has 94 valence electrons. The van der Waals surface area contributed by atoms with Gasteiger partial charge in [0.25, 0.3) is 0 Å². The van der Waals surface area contributed by atoms with Crippen LogP contribution in [0.4, 0.5) is 11.5 Å². The smallest absolute Gasteiger partial charge is 0.152 e. The van der Waals surface area contributed by atoms with Crippen LogP contribution >= 0.6 is 11.3 Å². The van der Waals surface area contributed by atoms with Gasteiger partial charge in [-0.15, -0.1) is 11.3 Å². The van der Waals surface area contributed by atoms with E-state index in [4.69, 9.17) is 5.73 Å². The van der Waals surface area contributed by atoms with Gasteiger partial charge in [0.05, 0.1) is 11.7 Å². The summed E-state index contributed by atoms with van der Waals surface area (Å²) in [6, 6.07) is 4.54. The van der Waals surface area contributed by atoms with E-state index in [-0.39, 0.29) is 0 Å². The van der Waals surface area contributed by atoms with Gasteiger partial charge in [-0.2, -0.15) is 0 Å². The molecule has 0 aromatic carbocycles. The van der Waals surface area contributed by atoms with Crippen LogP contribution in [0.3, 0.4) is 0 Å². The van der Waals surface area contributed by atoms with Gasteiger partial charge in [0.2, 0.25) is 0 Å². The molecule has 0 saturated heterocycles. The van der Waals surface area contributed by atoms with Gasteiger partial charge in [-0.05, 0) is 48.9 Å². The standard InChI is InChI=1S/C14H17N3S/c1-9-3-6-16-14(13(9)15)17-7-4-12-11(10(17)2)5-8-18-12/h3,5-6,8,10H,4,7,15H2,1-2H3. The summed E-state index contributed by atoms with van der Waals surface area (Å²) in [5.41, 5.74) is 9.50. The van der Waals surface area contributed by atoms with Crippen molar-refractivity contribution < 1.29 is 0 Å². The van der Waals surface area contributed by atoms with Gasteiger partial charge >= 0.3 is 0 Å². The van der Waals surface area contributed by atoms with E-state index in [0.29, 0.717) is 6.04 Å². The van der Waals surface area contributed by atoms with Gasteiger partial charge in [0, 0.05) is 17.6 Å². The summed E-state index contributed by atoms with van der Waals surface area (Å²) in [5.74, 6) is 0.930. The maximum Gasteiger partial charge on any atom is 0.152 e. The Morgan fingerprint density at radius 1 is 1.44 bits per heavy atom. The Morgan fingerprint density at radius 3 is 3.11 bits per heavy atom. The third-order valence-corrected chi connectivity index (χ3v) is 4.73. The van der Waals surface area contributed by atoms with Crippen LogP contribution in [0.1, 0.15) is 29.0 Å². The molecule has 2 aromatic rings. The summed E-state index contributed by atoms with van der Waals surface area (Å²) in [5, 5.41) is 2.18. The van der Waals surface area contributed by atoms with E-state index >= 15 is 0 Å². The predicted molar refractivity (Wildman–Crippen MR) is 77.2 cm³/mol. The molecule has 3 rings (SSSR count). The van der Waals surface area contributed by atoms with Gasteiger partial charge in [-0.1, -0.05) is 0 Å². The lowest BCUT2D eigenvalue weighted by Gasteiger charge is -2.35. The van der Waals surface area contributed by atoms with E-state index in [2.05, 4.69) is 28.3 Å². The number of rotatable bonds is 1. The predicted octanol–water partition coefficient (Wildman–Crippen LogP) is 3.16. The molecule has 0 aliphatic carbocycles. The average Bonchev–Trinajstić information content (AvgIpc) is 2.83. The highest BCUT2D eigenvalue weighted by molar-refractivity contribution is 7.10. The summed E-state index contributed by atoms with van der Waals surface area (Å²) in [7, 11) is 0. The van der Waals surface area contributed by atoms with E-state index in [9.17, 15) is 0 Å². The Kier molecular flexibility index (Phi) is 2.74. The van der Waals surface area contributed by atoms with Crippen LogP contribution in [0, 0.1) is 6.92 Å². The molecule has 1 unspecified atom stereocenters. The van der Waals surface area contributed by atoms with Crippen LogP contribution < -0.4 is 10.6 Å². The van der Waals surface area contributed by atoms with E-state index in [0.717, 1.165) is 30.0 Å². The fraction of sp³-hybridized carbons (Fsp3) is 0.357. The Morgan fingerprint density at radius 2 is 2.28 bits per heavy atom. The van der Waals surface area contributed by atoms with Gasteiger partial charge < -0.3 is 10.6 Å². The normalized spacial score (nSPS) is 18.8. The average molecular weight is 259 g/mol. The first-order valence-corrected chi connectivity index (χ1v) is 7.10. The zero-order chi connectivity index (χ0) is 12.7. The van der Waals surface area contributed by atoms with Crippen molar-refractivity contribution in [3.8, 4) is 0 Å². The molecular weight excluding hydrogens is 242 g/mol. The number of nitrogens with two attached hydrogens (primary N) is 1. The molecule has 2 aromatic heterocycles. The van der Waals surface area contributed by atoms with Crippen molar-refractivity contribution in [2.45, 2.75) is 26.3 Å². The third kappa shape index (κ3) is 1.68. The lowest BCUT2D eigenvalue weighted by atomic mass is 10.0. The first-order chi connectivity index (χ1) is 8.68.